The number of carbonyl (C=O) groups excluding carboxylic acids is 5. The van der Waals surface area contributed by atoms with Gasteiger partial charge in [0.15, 0.2) is 0 Å². The number of ether oxygens (including phenoxy) is 2. The normalized spacial score (nSPS) is 21.8. The third kappa shape index (κ3) is 11.8. The zero-order valence-electron chi connectivity index (χ0n) is 43.6. The molecule has 0 saturated carbocycles. The van der Waals surface area contributed by atoms with Crippen LogP contribution in [0.4, 0.5) is 18.9 Å². The third-order valence-corrected chi connectivity index (χ3v) is 15.7. The number of pyridine rings is 1. The fraction of sp³-hybridized carbons (Fsp3) is 0.566. The van der Waals surface area contributed by atoms with Gasteiger partial charge in [-0.3, -0.25) is 34.0 Å². The number of halogens is 3. The second-order valence-electron chi connectivity index (χ2n) is 21.3. The van der Waals surface area contributed by atoms with Gasteiger partial charge in [-0.25, -0.2) is 10.4 Å². The predicted molar refractivity (Wildman–Crippen MR) is 276 cm³/mol. The maximum Gasteiger partial charge on any atom is 0.406 e. The fourth-order valence-corrected chi connectivity index (χ4v) is 11.6. The summed E-state index contributed by atoms with van der Waals surface area (Å²) in [4.78, 5) is 86.8. The number of carbonyl (C=O) groups is 5. The van der Waals surface area contributed by atoms with Gasteiger partial charge in [-0.2, -0.15) is 13.2 Å². The average molecular weight is 1050 g/mol. The smallest absolute Gasteiger partial charge is 0.406 e. The number of likely N-dealkylation sites (tertiary alicyclic amines) is 1. The lowest BCUT2D eigenvalue weighted by molar-refractivity contribution is -0.155. The van der Waals surface area contributed by atoms with E-state index >= 15 is 13.2 Å². The molecule has 2 N–H and O–H groups in total. The number of likely N-dealkylation sites (N-methyl/N-ethyl adjacent to an activating group) is 2. The molecule has 4 aliphatic heterocycles. The van der Waals surface area contributed by atoms with Crippen molar-refractivity contribution < 1.29 is 46.6 Å². The SMILES string of the molecule is C=CC(=O)N1CC[C@H](C(=O)N(C)C(C(=O)N[C@H]2Cc3csc(n3)-c3ccc4c(c3)c(c(-c3cc(N5CCN(C)CC5)cnc3[C@H](C)OC)n4CC(F)(F)F)CC(C)(C)COC(=O)[C@@H]3CCCN(N3)C2=O)C(C)C)C1. The van der Waals surface area contributed by atoms with Gasteiger partial charge in [0.1, 0.15) is 29.7 Å². The highest BCUT2D eigenvalue weighted by Crippen LogP contribution is 2.44. The number of hydrogen-bond acceptors (Lipinski definition) is 13. The highest BCUT2D eigenvalue weighted by atomic mass is 32.1. The average Bonchev–Trinajstić information content (AvgIpc) is 4.12. The van der Waals surface area contributed by atoms with Crippen LogP contribution in [0.2, 0.25) is 0 Å². The zero-order chi connectivity index (χ0) is 53.4. The van der Waals surface area contributed by atoms with Gasteiger partial charge in [-0.05, 0) is 81.5 Å². The molecule has 21 heteroatoms. The minimum Gasteiger partial charge on any atom is -0.464 e. The molecule has 74 heavy (non-hydrogen) atoms. The minimum absolute atomic E-state index is 0.0665. The highest BCUT2D eigenvalue weighted by molar-refractivity contribution is 7.13. The van der Waals surface area contributed by atoms with Gasteiger partial charge in [0, 0.05) is 99.2 Å². The van der Waals surface area contributed by atoms with E-state index in [1.807, 2.05) is 46.8 Å². The largest absolute Gasteiger partial charge is 0.464 e. The zero-order valence-corrected chi connectivity index (χ0v) is 44.4. The summed E-state index contributed by atoms with van der Waals surface area (Å²) in [5.74, 6) is -3.18. The number of piperazine rings is 1. The van der Waals surface area contributed by atoms with E-state index in [9.17, 15) is 24.0 Å². The lowest BCUT2D eigenvalue weighted by atomic mass is 9.84. The maximum atomic E-state index is 15.0. The Hall–Kier alpha value is -5.90. The number of cyclic esters (lactones) is 1. The van der Waals surface area contributed by atoms with E-state index in [-0.39, 0.29) is 50.3 Å². The Bertz CT molecular complexity index is 2770. The number of aromatic nitrogens is 3. The van der Waals surface area contributed by atoms with Gasteiger partial charge >= 0.3 is 12.1 Å². The van der Waals surface area contributed by atoms with E-state index in [2.05, 4.69) is 34.2 Å². The van der Waals surface area contributed by atoms with E-state index in [4.69, 9.17) is 19.4 Å². The molecular weight excluding hydrogens is 978 g/mol. The van der Waals surface area contributed by atoms with E-state index < -0.39 is 66.1 Å². The van der Waals surface area contributed by atoms with Crippen molar-refractivity contribution in [2.75, 3.05) is 78.5 Å². The Morgan fingerprint density at radius 3 is 2.51 bits per heavy atom. The first-order valence-corrected chi connectivity index (χ1v) is 26.3. The van der Waals surface area contributed by atoms with Crippen molar-refractivity contribution in [2.24, 2.45) is 17.3 Å². The van der Waals surface area contributed by atoms with Gasteiger partial charge in [0.2, 0.25) is 17.7 Å². The van der Waals surface area contributed by atoms with Crippen molar-refractivity contribution in [1.82, 2.24) is 45.0 Å². The molecule has 3 fully saturated rings. The van der Waals surface area contributed by atoms with Crippen LogP contribution in [0.1, 0.15) is 76.9 Å². The first-order valence-electron chi connectivity index (χ1n) is 25.4. The standard InChI is InChI=1S/C53H69F3N10O7S/c1-10-43(67)64-17-15-34(27-64)49(69)62(8)45(31(2)3)47(68)59-41-23-35-28-74-48(58-35)33-13-14-42-37(22-33)39(25-52(5,6)30-73-51(71)40-12-11-16-66(60-40)50(41)70)46(65(42)29-53(54,55)56)38-24-36(26-57-44(38)32(4)72-9)63-20-18-61(7)19-21-63/h10,13-14,22,24,26,28,31-32,34,40-41,45,60H,1,11-12,15-21,23,25,27,29-30H2,2-9H3,(H,59,68)/t32-,34-,40-,41-,45?/m0/s1. The lowest BCUT2D eigenvalue weighted by Gasteiger charge is -2.37. The maximum absolute atomic E-state index is 15.0. The number of hydrazine groups is 1. The molecule has 4 amide bonds. The van der Waals surface area contributed by atoms with Crippen molar-refractivity contribution in [3.8, 4) is 21.8 Å². The summed E-state index contributed by atoms with van der Waals surface area (Å²) in [6.07, 6.45) is -0.894. The van der Waals surface area contributed by atoms with E-state index in [0.717, 1.165) is 18.8 Å². The molecule has 8 rings (SSSR count). The van der Waals surface area contributed by atoms with Crippen LogP contribution in [0.5, 0.6) is 0 Å². The van der Waals surface area contributed by atoms with Crippen molar-refractivity contribution in [3.05, 3.63) is 65.4 Å². The monoisotopic (exact) mass is 1050 g/mol. The molecule has 3 aromatic heterocycles. The van der Waals surface area contributed by atoms with Crippen LogP contribution in [0.3, 0.4) is 0 Å². The summed E-state index contributed by atoms with van der Waals surface area (Å²) in [5.41, 5.74) is 6.37. The van der Waals surface area contributed by atoms with Crippen molar-refractivity contribution >= 4 is 57.5 Å². The third-order valence-electron chi connectivity index (χ3n) is 14.8. The molecule has 4 aromatic rings. The predicted octanol–water partition coefficient (Wildman–Crippen LogP) is 6.01. The van der Waals surface area contributed by atoms with Crippen molar-refractivity contribution in [2.45, 2.75) is 104 Å². The van der Waals surface area contributed by atoms with Crippen LogP contribution in [-0.4, -0.2) is 162 Å². The van der Waals surface area contributed by atoms with Gasteiger partial charge in [0.05, 0.1) is 47.6 Å². The second kappa shape index (κ2) is 22.1. The van der Waals surface area contributed by atoms with Crippen molar-refractivity contribution in [3.63, 3.8) is 0 Å². The van der Waals surface area contributed by atoms with Crippen LogP contribution < -0.4 is 15.6 Å². The second-order valence-corrected chi connectivity index (χ2v) is 22.2. The number of benzene rings is 1. The van der Waals surface area contributed by atoms with Crippen LogP contribution in [0.15, 0.2) is 48.5 Å². The first kappa shape index (κ1) is 54.4. The Labute approximate surface area is 434 Å². The molecule has 400 valence electrons. The van der Waals surface area contributed by atoms with Gasteiger partial charge < -0.3 is 39.0 Å². The number of anilines is 1. The Morgan fingerprint density at radius 1 is 1.08 bits per heavy atom. The summed E-state index contributed by atoms with van der Waals surface area (Å²) in [7, 11) is 5.14. The number of fused-ring (bicyclic) bond motifs is 6. The number of nitrogens with one attached hydrogen (secondary N) is 2. The number of thiazole rings is 1. The molecule has 17 nitrogen and oxygen atoms in total. The summed E-state index contributed by atoms with van der Waals surface area (Å²) >= 11 is 1.30. The van der Waals surface area contributed by atoms with Gasteiger partial charge in [0.25, 0.3) is 5.91 Å². The van der Waals surface area contributed by atoms with E-state index in [1.54, 1.807) is 42.8 Å². The van der Waals surface area contributed by atoms with E-state index in [1.165, 1.54) is 31.9 Å². The minimum atomic E-state index is -4.62. The van der Waals surface area contributed by atoms with Crippen LogP contribution >= 0.6 is 11.3 Å². The molecule has 5 atom stereocenters. The number of methoxy groups -OCH3 is 1. The summed E-state index contributed by atoms with van der Waals surface area (Å²) in [6.45, 7) is 15.2. The molecule has 3 saturated heterocycles. The number of nitrogens with zero attached hydrogens (tertiary/aromatic N) is 8. The first-order chi connectivity index (χ1) is 35.1. The number of rotatable bonds is 11. The molecule has 1 unspecified atom stereocenters. The molecule has 6 bridgehead atoms. The summed E-state index contributed by atoms with van der Waals surface area (Å²) < 4.78 is 58.3. The van der Waals surface area contributed by atoms with E-state index in [0.29, 0.717) is 88.6 Å². The Balaban J connectivity index is 1.22. The molecule has 4 aliphatic rings. The lowest BCUT2D eigenvalue weighted by Crippen LogP contribution is -2.62. The molecule has 1 aromatic carbocycles. The fourth-order valence-electron chi connectivity index (χ4n) is 10.8. The quantitative estimate of drug-likeness (QED) is 0.132. The number of hydrogen-bond donors (Lipinski definition) is 2. The molecular formula is C53H69F3N10O7S. The number of esters is 1. The molecule has 0 radical (unpaired) electrons. The van der Waals surface area contributed by atoms with Gasteiger partial charge in [-0.1, -0.05) is 34.3 Å². The number of alkyl halides is 3. The molecule has 0 spiro atoms. The highest BCUT2D eigenvalue weighted by Gasteiger charge is 2.41. The number of amides is 4. The Kier molecular flexibility index (Phi) is 16.3. The van der Waals surface area contributed by atoms with Gasteiger partial charge in [-0.15, -0.1) is 11.3 Å². The molecule has 7 heterocycles. The molecule has 0 aliphatic carbocycles. The summed E-state index contributed by atoms with van der Waals surface area (Å²) in [6, 6.07) is 4.09. The topological polar surface area (TPSA) is 175 Å². The van der Waals surface area contributed by atoms with Crippen LogP contribution in [0, 0.1) is 17.3 Å². The summed E-state index contributed by atoms with van der Waals surface area (Å²) in [5, 5.41) is 7.18. The van der Waals surface area contributed by atoms with Crippen molar-refractivity contribution in [1.29, 1.82) is 0 Å². The Morgan fingerprint density at radius 2 is 1.82 bits per heavy atom. The van der Waals surface area contributed by atoms with Crippen LogP contribution in [0.25, 0.3) is 32.7 Å². The van der Waals surface area contributed by atoms with Crippen LogP contribution in [-0.2, 0) is 52.8 Å².